The topological polar surface area (TPSA) is 84.2 Å². The van der Waals surface area contributed by atoms with Crippen LogP contribution in [0.15, 0.2) is 16.8 Å². The second kappa shape index (κ2) is 5.92. The molecule has 2 aromatic rings. The van der Waals surface area contributed by atoms with E-state index in [0.29, 0.717) is 19.7 Å². The van der Waals surface area contributed by atoms with Gasteiger partial charge < -0.3 is 19.1 Å². The molecule has 7 heteroatoms. The highest BCUT2D eigenvalue weighted by Gasteiger charge is 2.29. The molecule has 3 heterocycles. The summed E-state index contributed by atoms with van der Waals surface area (Å²) >= 11 is 0. The minimum absolute atomic E-state index is 0.157. The zero-order valence-electron chi connectivity index (χ0n) is 13.0. The van der Waals surface area contributed by atoms with Gasteiger partial charge in [-0.25, -0.2) is 4.98 Å². The first-order chi connectivity index (χ1) is 10.5. The number of rotatable bonds is 3. The molecule has 7 nitrogen and oxygen atoms in total. The molecule has 1 aliphatic rings. The van der Waals surface area contributed by atoms with Gasteiger partial charge in [-0.15, -0.1) is 0 Å². The molecule has 1 amide bonds. The lowest BCUT2D eigenvalue weighted by Gasteiger charge is -2.31. The van der Waals surface area contributed by atoms with Crippen LogP contribution in [0.2, 0.25) is 0 Å². The van der Waals surface area contributed by atoms with Crippen molar-refractivity contribution in [3.05, 3.63) is 35.2 Å². The van der Waals surface area contributed by atoms with Gasteiger partial charge in [0, 0.05) is 24.5 Å². The Balaban J connectivity index is 1.72. The maximum absolute atomic E-state index is 12.5. The summed E-state index contributed by atoms with van der Waals surface area (Å²) in [6.07, 6.45) is 1.52. The van der Waals surface area contributed by atoms with Gasteiger partial charge in [0.05, 0.1) is 18.8 Å². The Labute approximate surface area is 128 Å². The smallest absolute Gasteiger partial charge is 0.292 e. The molecule has 22 heavy (non-hydrogen) atoms. The van der Waals surface area contributed by atoms with Crippen molar-refractivity contribution in [2.24, 2.45) is 0 Å². The molecule has 2 aromatic heterocycles. The Morgan fingerprint density at radius 2 is 2.32 bits per heavy atom. The minimum Gasteiger partial charge on any atom is -0.367 e. The molecule has 1 atom stereocenters. The van der Waals surface area contributed by atoms with E-state index in [-0.39, 0.29) is 23.7 Å². The number of nitrogens with one attached hydrogen (secondary N) is 1. The van der Waals surface area contributed by atoms with Gasteiger partial charge in [-0.1, -0.05) is 19.0 Å². The van der Waals surface area contributed by atoms with Gasteiger partial charge in [-0.3, -0.25) is 4.79 Å². The van der Waals surface area contributed by atoms with Gasteiger partial charge in [0.25, 0.3) is 5.91 Å². The molecule has 0 saturated carbocycles. The quantitative estimate of drug-likeness (QED) is 0.938. The van der Waals surface area contributed by atoms with Crippen molar-refractivity contribution in [2.45, 2.75) is 32.8 Å². The largest absolute Gasteiger partial charge is 0.367 e. The Morgan fingerprint density at radius 1 is 1.50 bits per heavy atom. The molecular formula is C15H20N4O3. The summed E-state index contributed by atoms with van der Waals surface area (Å²) < 4.78 is 10.9. The van der Waals surface area contributed by atoms with E-state index in [4.69, 9.17) is 9.26 Å². The molecule has 1 fully saturated rings. The van der Waals surface area contributed by atoms with Crippen LogP contribution < -0.4 is 0 Å². The van der Waals surface area contributed by atoms with Crippen molar-refractivity contribution in [1.82, 2.24) is 20.0 Å². The Hall–Kier alpha value is -2.15. The number of morpholine rings is 1. The maximum Gasteiger partial charge on any atom is 0.292 e. The molecule has 118 valence electrons. The van der Waals surface area contributed by atoms with Crippen LogP contribution in [0.5, 0.6) is 0 Å². The fraction of sp³-hybridized carbons (Fsp3) is 0.533. The van der Waals surface area contributed by atoms with E-state index < -0.39 is 0 Å². The molecule has 0 radical (unpaired) electrons. The van der Waals surface area contributed by atoms with Crippen molar-refractivity contribution in [3.63, 3.8) is 0 Å². The molecule has 1 N–H and O–H groups in total. The fourth-order valence-corrected chi connectivity index (χ4v) is 2.41. The average molecular weight is 304 g/mol. The molecule has 1 saturated heterocycles. The normalized spacial score (nSPS) is 18.9. The van der Waals surface area contributed by atoms with Gasteiger partial charge in [0.1, 0.15) is 11.9 Å². The van der Waals surface area contributed by atoms with E-state index in [2.05, 4.69) is 15.1 Å². The van der Waals surface area contributed by atoms with Crippen molar-refractivity contribution in [3.8, 4) is 0 Å². The van der Waals surface area contributed by atoms with Crippen molar-refractivity contribution >= 4 is 5.91 Å². The highest BCUT2D eigenvalue weighted by atomic mass is 16.5. The van der Waals surface area contributed by atoms with Crippen LogP contribution in [0.3, 0.4) is 0 Å². The number of nitrogens with zero attached hydrogens (tertiary/aromatic N) is 3. The summed E-state index contributed by atoms with van der Waals surface area (Å²) in [5, 5.41) is 3.94. The van der Waals surface area contributed by atoms with Gasteiger partial charge in [0.2, 0.25) is 5.76 Å². The molecule has 0 spiro atoms. The molecule has 1 unspecified atom stereocenters. The summed E-state index contributed by atoms with van der Waals surface area (Å²) in [6.45, 7) is 7.41. The first-order valence-electron chi connectivity index (χ1n) is 7.43. The van der Waals surface area contributed by atoms with E-state index >= 15 is 0 Å². The molecule has 3 rings (SSSR count). The number of H-pyrrole nitrogens is 1. The maximum atomic E-state index is 12.5. The predicted octanol–water partition coefficient (Wildman–Crippen LogP) is 2.04. The third-order valence-electron chi connectivity index (χ3n) is 3.71. The fourth-order valence-electron chi connectivity index (χ4n) is 2.41. The van der Waals surface area contributed by atoms with Crippen molar-refractivity contribution in [1.29, 1.82) is 0 Å². The van der Waals surface area contributed by atoms with Gasteiger partial charge in [0.15, 0.2) is 0 Å². The van der Waals surface area contributed by atoms with Crippen LogP contribution >= 0.6 is 0 Å². The summed E-state index contributed by atoms with van der Waals surface area (Å²) in [6, 6.07) is 1.72. The van der Waals surface area contributed by atoms with Gasteiger partial charge in [-0.05, 0) is 12.8 Å². The second-order valence-corrected chi connectivity index (χ2v) is 5.83. The minimum atomic E-state index is -0.237. The van der Waals surface area contributed by atoms with Crippen LogP contribution in [0.25, 0.3) is 0 Å². The standard InChI is InChI=1S/C15H20N4O3/c1-9(2)11-6-12(22-18-11)15(20)19-4-5-21-13(8-19)14-16-7-10(3)17-14/h6-7,9,13H,4-5,8H2,1-3H3,(H,16,17). The van der Waals surface area contributed by atoms with Crippen LogP contribution in [0, 0.1) is 6.92 Å². The zero-order chi connectivity index (χ0) is 15.7. The number of carbonyl (C=O) groups excluding carboxylic acids is 1. The lowest BCUT2D eigenvalue weighted by molar-refractivity contribution is -0.0276. The van der Waals surface area contributed by atoms with E-state index in [9.17, 15) is 4.79 Å². The number of ether oxygens (including phenoxy) is 1. The number of aromatic amines is 1. The van der Waals surface area contributed by atoms with E-state index in [1.807, 2.05) is 20.8 Å². The molecule has 0 aliphatic carbocycles. The van der Waals surface area contributed by atoms with Crippen molar-refractivity contribution < 1.29 is 14.1 Å². The number of hydrogen-bond acceptors (Lipinski definition) is 5. The van der Waals surface area contributed by atoms with Crippen LogP contribution in [0.1, 0.15) is 53.6 Å². The molecule has 0 bridgehead atoms. The molecule has 1 aliphatic heterocycles. The number of amides is 1. The predicted molar refractivity (Wildman–Crippen MR) is 78.5 cm³/mol. The number of hydrogen-bond donors (Lipinski definition) is 1. The zero-order valence-corrected chi connectivity index (χ0v) is 13.0. The van der Waals surface area contributed by atoms with E-state index in [0.717, 1.165) is 17.2 Å². The SMILES string of the molecule is Cc1cnc(C2CN(C(=O)c3cc(C(C)C)no3)CCO2)[nH]1. The lowest BCUT2D eigenvalue weighted by atomic mass is 10.1. The summed E-state index contributed by atoms with van der Waals surface area (Å²) in [5.41, 5.74) is 1.76. The van der Waals surface area contributed by atoms with Crippen molar-refractivity contribution in [2.75, 3.05) is 19.7 Å². The Kier molecular flexibility index (Phi) is 3.98. The van der Waals surface area contributed by atoms with Crippen LogP contribution in [-0.2, 0) is 4.74 Å². The van der Waals surface area contributed by atoms with Crippen LogP contribution in [0.4, 0.5) is 0 Å². The summed E-state index contributed by atoms with van der Waals surface area (Å²) in [4.78, 5) is 21.7. The Bertz CT molecular complexity index is 661. The summed E-state index contributed by atoms with van der Waals surface area (Å²) in [7, 11) is 0. The van der Waals surface area contributed by atoms with Gasteiger partial charge in [-0.2, -0.15) is 0 Å². The number of imidazole rings is 1. The Morgan fingerprint density at radius 3 is 2.95 bits per heavy atom. The first kappa shape index (κ1) is 14.8. The highest BCUT2D eigenvalue weighted by Crippen LogP contribution is 2.22. The second-order valence-electron chi connectivity index (χ2n) is 5.83. The third kappa shape index (κ3) is 2.89. The number of carbonyl (C=O) groups is 1. The molecule has 0 aromatic carbocycles. The van der Waals surface area contributed by atoms with Crippen LogP contribution in [-0.4, -0.2) is 45.6 Å². The van der Waals surface area contributed by atoms with Gasteiger partial charge >= 0.3 is 0 Å². The van der Waals surface area contributed by atoms with E-state index in [1.54, 1.807) is 17.2 Å². The molecular weight excluding hydrogens is 284 g/mol. The average Bonchev–Trinajstić information content (AvgIpc) is 3.15. The lowest BCUT2D eigenvalue weighted by Crippen LogP contribution is -2.42. The number of aryl methyl sites for hydroxylation is 1. The van der Waals surface area contributed by atoms with E-state index in [1.165, 1.54) is 0 Å². The first-order valence-corrected chi connectivity index (χ1v) is 7.43. The third-order valence-corrected chi connectivity index (χ3v) is 3.71. The number of aromatic nitrogens is 3. The highest BCUT2D eigenvalue weighted by molar-refractivity contribution is 5.91. The monoisotopic (exact) mass is 304 g/mol. The summed E-state index contributed by atoms with van der Waals surface area (Å²) in [5.74, 6) is 1.10.